The van der Waals surface area contributed by atoms with Crippen LogP contribution in [0.1, 0.15) is 26.7 Å². The van der Waals surface area contributed by atoms with Crippen LogP contribution in [0.4, 0.5) is 0 Å². The number of rotatable bonds is 0. The van der Waals surface area contributed by atoms with Crippen molar-refractivity contribution in [2.45, 2.75) is 26.7 Å². The molecule has 0 heterocycles. The van der Waals surface area contributed by atoms with Gasteiger partial charge in [-0.1, -0.05) is 31.2 Å². The minimum Gasteiger partial charge on any atom is -0.411 e. The van der Waals surface area contributed by atoms with Crippen LogP contribution in [0.3, 0.4) is 0 Å². The normalized spacial score (nSPS) is 27.8. The van der Waals surface area contributed by atoms with E-state index < -0.39 is 0 Å². The van der Waals surface area contributed by atoms with Crippen molar-refractivity contribution in [3.05, 3.63) is 12.2 Å². The Morgan fingerprint density at radius 1 is 1.50 bits per heavy atom. The topological polar surface area (TPSA) is 32.6 Å². The zero-order chi connectivity index (χ0) is 7.78. The summed E-state index contributed by atoms with van der Waals surface area (Å²) in [4.78, 5) is 0. The van der Waals surface area contributed by atoms with Crippen LogP contribution in [0.15, 0.2) is 17.3 Å². The molecule has 10 heavy (non-hydrogen) atoms. The van der Waals surface area contributed by atoms with E-state index in [9.17, 15) is 0 Å². The van der Waals surface area contributed by atoms with Crippen molar-refractivity contribution in [2.24, 2.45) is 10.6 Å². The highest BCUT2D eigenvalue weighted by atomic mass is 16.4. The van der Waals surface area contributed by atoms with E-state index in [-0.39, 0.29) is 5.41 Å². The van der Waals surface area contributed by atoms with E-state index in [1.807, 2.05) is 13.8 Å². The maximum Gasteiger partial charge on any atom is 0.0670 e. The Labute approximate surface area is 61.2 Å². The molecule has 0 bridgehead atoms. The van der Waals surface area contributed by atoms with Gasteiger partial charge in [-0.3, -0.25) is 0 Å². The van der Waals surface area contributed by atoms with E-state index in [4.69, 9.17) is 5.21 Å². The second-order valence-corrected chi connectivity index (χ2v) is 3.28. The molecule has 0 radical (unpaired) electrons. The zero-order valence-corrected chi connectivity index (χ0v) is 6.52. The summed E-state index contributed by atoms with van der Waals surface area (Å²) in [5, 5.41) is 11.8. The fourth-order valence-corrected chi connectivity index (χ4v) is 1.27. The molecule has 0 saturated heterocycles. The largest absolute Gasteiger partial charge is 0.411 e. The third-order valence-corrected chi connectivity index (χ3v) is 2.39. The maximum atomic E-state index is 8.57. The Balaban J connectivity index is 2.95. The first-order chi connectivity index (χ1) is 4.59. The van der Waals surface area contributed by atoms with Gasteiger partial charge in [-0.2, -0.15) is 0 Å². The Hall–Kier alpha value is -0.790. The Kier molecular flexibility index (Phi) is 1.55. The maximum absolute atomic E-state index is 8.57. The van der Waals surface area contributed by atoms with Gasteiger partial charge in [0.1, 0.15) is 0 Å². The third kappa shape index (κ3) is 0.838. The lowest BCUT2D eigenvalue weighted by Gasteiger charge is -2.18. The molecule has 1 fully saturated rings. The smallest absolute Gasteiger partial charge is 0.0670 e. The molecule has 0 aromatic rings. The first-order valence-electron chi connectivity index (χ1n) is 3.48. The summed E-state index contributed by atoms with van der Waals surface area (Å²) >= 11 is 0. The molecule has 56 valence electrons. The van der Waals surface area contributed by atoms with Gasteiger partial charge in [0, 0.05) is 5.41 Å². The average molecular weight is 139 g/mol. The van der Waals surface area contributed by atoms with Crippen LogP contribution in [-0.2, 0) is 0 Å². The minimum atomic E-state index is -0.0747. The summed E-state index contributed by atoms with van der Waals surface area (Å²) in [5.74, 6) is 0. The molecule has 1 saturated carbocycles. The first-order valence-corrected chi connectivity index (χ1v) is 3.48. The van der Waals surface area contributed by atoms with Crippen molar-refractivity contribution < 1.29 is 5.21 Å². The van der Waals surface area contributed by atoms with E-state index in [1.165, 1.54) is 5.57 Å². The monoisotopic (exact) mass is 139 g/mol. The molecule has 2 heteroatoms. The quantitative estimate of drug-likeness (QED) is 0.311. The van der Waals surface area contributed by atoms with Crippen LogP contribution in [0.25, 0.3) is 0 Å². The minimum absolute atomic E-state index is 0.0747. The lowest BCUT2D eigenvalue weighted by atomic mass is 9.87. The molecular weight excluding hydrogens is 126 g/mol. The molecule has 1 rings (SSSR count). The molecule has 1 aliphatic rings. The Bertz CT molecular complexity index is 191. The predicted molar refractivity (Wildman–Crippen MR) is 41.4 cm³/mol. The highest BCUT2D eigenvalue weighted by Gasteiger charge is 2.34. The van der Waals surface area contributed by atoms with Gasteiger partial charge in [0.2, 0.25) is 0 Å². The lowest BCUT2D eigenvalue weighted by Crippen LogP contribution is -2.18. The Morgan fingerprint density at radius 2 is 2.10 bits per heavy atom. The number of hydrogen-bond donors (Lipinski definition) is 1. The summed E-state index contributed by atoms with van der Waals surface area (Å²) < 4.78 is 0. The zero-order valence-electron chi connectivity index (χ0n) is 6.52. The van der Waals surface area contributed by atoms with Crippen LogP contribution >= 0.6 is 0 Å². The molecular formula is C8H13NO. The van der Waals surface area contributed by atoms with Gasteiger partial charge in [0.25, 0.3) is 0 Å². The molecule has 0 unspecified atom stereocenters. The fraction of sp³-hybridized carbons (Fsp3) is 0.625. The SMILES string of the molecule is C=C1CC/C(=N/O)C1(C)C. The molecule has 0 aromatic carbocycles. The molecule has 0 aromatic heterocycles. The van der Waals surface area contributed by atoms with Crippen molar-refractivity contribution in [3.8, 4) is 0 Å². The van der Waals surface area contributed by atoms with Crippen LogP contribution in [0.5, 0.6) is 0 Å². The van der Waals surface area contributed by atoms with Crippen molar-refractivity contribution in [1.82, 2.24) is 0 Å². The summed E-state index contributed by atoms with van der Waals surface area (Å²) in [6.45, 7) is 7.99. The molecule has 1 aliphatic carbocycles. The van der Waals surface area contributed by atoms with Crippen LogP contribution in [0, 0.1) is 5.41 Å². The first kappa shape index (κ1) is 7.32. The fourth-order valence-electron chi connectivity index (χ4n) is 1.27. The third-order valence-electron chi connectivity index (χ3n) is 2.39. The molecule has 2 nitrogen and oxygen atoms in total. The van der Waals surface area contributed by atoms with E-state index in [1.54, 1.807) is 0 Å². The highest BCUT2D eigenvalue weighted by Crippen LogP contribution is 2.38. The molecule has 1 N–H and O–H groups in total. The van der Waals surface area contributed by atoms with Crippen molar-refractivity contribution in [2.75, 3.05) is 0 Å². The second kappa shape index (κ2) is 2.11. The van der Waals surface area contributed by atoms with Gasteiger partial charge >= 0.3 is 0 Å². The number of oxime groups is 1. The molecule has 0 amide bonds. The van der Waals surface area contributed by atoms with E-state index in [0.717, 1.165) is 18.6 Å². The van der Waals surface area contributed by atoms with Crippen molar-refractivity contribution in [3.63, 3.8) is 0 Å². The van der Waals surface area contributed by atoms with Gasteiger partial charge in [-0.05, 0) is 12.8 Å². The second-order valence-electron chi connectivity index (χ2n) is 3.28. The summed E-state index contributed by atoms with van der Waals surface area (Å²) in [6, 6.07) is 0. The number of nitrogens with zero attached hydrogens (tertiary/aromatic N) is 1. The van der Waals surface area contributed by atoms with Gasteiger partial charge in [-0.25, -0.2) is 0 Å². The summed E-state index contributed by atoms with van der Waals surface area (Å²) in [7, 11) is 0. The van der Waals surface area contributed by atoms with Gasteiger partial charge < -0.3 is 5.21 Å². The van der Waals surface area contributed by atoms with E-state index >= 15 is 0 Å². The average Bonchev–Trinajstić information content (AvgIpc) is 2.10. The number of hydrogen-bond acceptors (Lipinski definition) is 2. The van der Waals surface area contributed by atoms with Gasteiger partial charge in [0.05, 0.1) is 5.71 Å². The van der Waals surface area contributed by atoms with E-state index in [2.05, 4.69) is 11.7 Å². The summed E-state index contributed by atoms with van der Waals surface area (Å²) in [6.07, 6.45) is 1.83. The van der Waals surface area contributed by atoms with Crippen molar-refractivity contribution in [1.29, 1.82) is 0 Å². The van der Waals surface area contributed by atoms with Crippen LogP contribution in [-0.4, -0.2) is 10.9 Å². The van der Waals surface area contributed by atoms with Crippen molar-refractivity contribution >= 4 is 5.71 Å². The molecule has 0 spiro atoms. The summed E-state index contributed by atoms with van der Waals surface area (Å²) in [5.41, 5.74) is 1.95. The highest BCUT2D eigenvalue weighted by molar-refractivity contribution is 5.94. The lowest BCUT2D eigenvalue weighted by molar-refractivity contribution is 0.312. The predicted octanol–water partition coefficient (Wildman–Crippen LogP) is 2.19. The molecule has 0 aliphatic heterocycles. The van der Waals surface area contributed by atoms with Crippen LogP contribution in [0.2, 0.25) is 0 Å². The van der Waals surface area contributed by atoms with Gasteiger partial charge in [-0.15, -0.1) is 0 Å². The Morgan fingerprint density at radius 3 is 2.30 bits per heavy atom. The van der Waals surface area contributed by atoms with Gasteiger partial charge in [0.15, 0.2) is 0 Å². The molecule has 0 atom stereocenters. The number of allylic oxidation sites excluding steroid dienone is 1. The van der Waals surface area contributed by atoms with Crippen LogP contribution < -0.4 is 0 Å². The standard InChI is InChI=1S/C8H13NO/c1-6-4-5-7(9-10)8(6,2)3/h10H,1,4-5H2,2-3H3/b9-7-. The van der Waals surface area contributed by atoms with E-state index in [0.29, 0.717) is 0 Å².